The van der Waals surface area contributed by atoms with Crippen LogP contribution in [0.2, 0.25) is 0 Å². The number of aryl methyl sites for hydroxylation is 1. The highest BCUT2D eigenvalue weighted by Gasteiger charge is 2.14. The predicted octanol–water partition coefficient (Wildman–Crippen LogP) is 3.64. The topological polar surface area (TPSA) is 66.4 Å². The third-order valence-electron chi connectivity index (χ3n) is 3.73. The second-order valence-corrected chi connectivity index (χ2v) is 5.97. The lowest BCUT2D eigenvalue weighted by atomic mass is 10.0. The SMILES string of the molecule is Cc1ccc(-c2ccc(C(=O)NCC(C)CC(=O)O)c(F)c2)cc1. The zero-order chi connectivity index (χ0) is 17.7. The van der Waals surface area contributed by atoms with Crippen molar-refractivity contribution < 1.29 is 19.1 Å². The van der Waals surface area contributed by atoms with Gasteiger partial charge in [-0.15, -0.1) is 0 Å². The van der Waals surface area contributed by atoms with Crippen LogP contribution < -0.4 is 5.32 Å². The van der Waals surface area contributed by atoms with Gasteiger partial charge in [-0.2, -0.15) is 0 Å². The largest absolute Gasteiger partial charge is 0.481 e. The van der Waals surface area contributed by atoms with E-state index in [2.05, 4.69) is 5.32 Å². The second-order valence-electron chi connectivity index (χ2n) is 5.97. The van der Waals surface area contributed by atoms with Crippen molar-refractivity contribution in [3.05, 3.63) is 59.4 Å². The first-order chi connectivity index (χ1) is 11.4. The first kappa shape index (κ1) is 17.7. The van der Waals surface area contributed by atoms with Crippen LogP contribution in [0.4, 0.5) is 4.39 Å². The van der Waals surface area contributed by atoms with E-state index in [-0.39, 0.29) is 24.4 Å². The quantitative estimate of drug-likeness (QED) is 0.850. The molecule has 0 bridgehead atoms. The average molecular weight is 329 g/mol. The zero-order valence-corrected chi connectivity index (χ0v) is 13.7. The van der Waals surface area contributed by atoms with Gasteiger partial charge in [0.15, 0.2) is 0 Å². The predicted molar refractivity (Wildman–Crippen MR) is 90.3 cm³/mol. The minimum atomic E-state index is -0.926. The van der Waals surface area contributed by atoms with Crippen LogP contribution in [0.3, 0.4) is 0 Å². The van der Waals surface area contributed by atoms with Crippen LogP contribution in [0.1, 0.15) is 29.3 Å². The minimum Gasteiger partial charge on any atom is -0.481 e. The molecule has 0 saturated heterocycles. The molecule has 2 aromatic carbocycles. The van der Waals surface area contributed by atoms with E-state index in [0.717, 1.165) is 11.1 Å². The van der Waals surface area contributed by atoms with Gasteiger partial charge in [0.05, 0.1) is 5.56 Å². The summed E-state index contributed by atoms with van der Waals surface area (Å²) >= 11 is 0. The van der Waals surface area contributed by atoms with Crippen molar-refractivity contribution in [1.29, 1.82) is 0 Å². The Morgan fingerprint density at radius 2 is 1.75 bits per heavy atom. The summed E-state index contributed by atoms with van der Waals surface area (Å²) in [6, 6.07) is 12.2. The van der Waals surface area contributed by atoms with Crippen molar-refractivity contribution >= 4 is 11.9 Å². The number of benzene rings is 2. The fourth-order valence-corrected chi connectivity index (χ4v) is 2.36. The Morgan fingerprint density at radius 3 is 2.33 bits per heavy atom. The van der Waals surface area contributed by atoms with Crippen LogP contribution in [0.25, 0.3) is 11.1 Å². The van der Waals surface area contributed by atoms with Crippen LogP contribution in [-0.4, -0.2) is 23.5 Å². The zero-order valence-electron chi connectivity index (χ0n) is 13.7. The Hall–Kier alpha value is -2.69. The summed E-state index contributed by atoms with van der Waals surface area (Å²) in [4.78, 5) is 22.6. The highest BCUT2D eigenvalue weighted by atomic mass is 19.1. The van der Waals surface area contributed by atoms with Crippen molar-refractivity contribution in [2.24, 2.45) is 5.92 Å². The molecule has 5 heteroatoms. The second kappa shape index (κ2) is 7.73. The number of carboxylic acid groups (broad SMARTS) is 1. The maximum atomic E-state index is 14.2. The van der Waals surface area contributed by atoms with Crippen LogP contribution in [-0.2, 0) is 4.79 Å². The summed E-state index contributed by atoms with van der Waals surface area (Å²) in [6.45, 7) is 3.87. The summed E-state index contributed by atoms with van der Waals surface area (Å²) in [5.74, 6) is -2.29. The Bertz CT molecular complexity index is 741. The number of amides is 1. The van der Waals surface area contributed by atoms with Gasteiger partial charge in [-0.25, -0.2) is 4.39 Å². The Balaban J connectivity index is 2.07. The van der Waals surface area contributed by atoms with E-state index in [0.29, 0.717) is 5.56 Å². The summed E-state index contributed by atoms with van der Waals surface area (Å²) in [7, 11) is 0. The average Bonchev–Trinajstić information content (AvgIpc) is 2.52. The van der Waals surface area contributed by atoms with E-state index < -0.39 is 17.7 Å². The number of hydrogen-bond donors (Lipinski definition) is 2. The smallest absolute Gasteiger partial charge is 0.303 e. The molecule has 0 aliphatic heterocycles. The van der Waals surface area contributed by atoms with Gasteiger partial charge in [-0.1, -0.05) is 42.8 Å². The van der Waals surface area contributed by atoms with Gasteiger partial charge in [0.25, 0.3) is 5.91 Å². The molecule has 0 radical (unpaired) electrons. The lowest BCUT2D eigenvalue weighted by molar-refractivity contribution is -0.137. The first-order valence-electron chi connectivity index (χ1n) is 7.73. The highest BCUT2D eigenvalue weighted by molar-refractivity contribution is 5.95. The summed E-state index contributed by atoms with van der Waals surface area (Å²) in [5, 5.41) is 11.3. The Labute approximate surface area is 140 Å². The first-order valence-corrected chi connectivity index (χ1v) is 7.73. The van der Waals surface area contributed by atoms with E-state index in [4.69, 9.17) is 5.11 Å². The van der Waals surface area contributed by atoms with E-state index in [1.54, 1.807) is 13.0 Å². The van der Waals surface area contributed by atoms with Crippen molar-refractivity contribution in [3.63, 3.8) is 0 Å². The molecule has 2 aromatic rings. The van der Waals surface area contributed by atoms with E-state index >= 15 is 0 Å². The van der Waals surface area contributed by atoms with Gasteiger partial charge in [0, 0.05) is 13.0 Å². The molecule has 0 heterocycles. The fourth-order valence-electron chi connectivity index (χ4n) is 2.36. The number of aliphatic carboxylic acids is 1. The standard InChI is InChI=1S/C19H20FNO3/c1-12-3-5-14(6-4-12)15-7-8-16(17(20)10-15)19(24)21-11-13(2)9-18(22)23/h3-8,10,13H,9,11H2,1-2H3,(H,21,24)(H,22,23). The maximum Gasteiger partial charge on any atom is 0.303 e. The Kier molecular flexibility index (Phi) is 5.68. The van der Waals surface area contributed by atoms with E-state index in [1.165, 1.54) is 12.1 Å². The number of hydrogen-bond acceptors (Lipinski definition) is 2. The van der Waals surface area contributed by atoms with Gasteiger partial charge in [-0.3, -0.25) is 9.59 Å². The lowest BCUT2D eigenvalue weighted by Crippen LogP contribution is -2.29. The molecule has 1 unspecified atom stereocenters. The van der Waals surface area contributed by atoms with E-state index in [9.17, 15) is 14.0 Å². The number of nitrogens with one attached hydrogen (secondary N) is 1. The van der Waals surface area contributed by atoms with Crippen LogP contribution in [0, 0.1) is 18.7 Å². The Morgan fingerprint density at radius 1 is 1.12 bits per heavy atom. The molecular weight excluding hydrogens is 309 g/mol. The van der Waals surface area contributed by atoms with Gasteiger partial charge in [0.2, 0.25) is 0 Å². The third-order valence-corrected chi connectivity index (χ3v) is 3.73. The molecule has 0 spiro atoms. The van der Waals surface area contributed by atoms with Gasteiger partial charge < -0.3 is 10.4 Å². The molecule has 4 nitrogen and oxygen atoms in total. The number of carbonyl (C=O) groups excluding carboxylic acids is 1. The van der Waals surface area contributed by atoms with Gasteiger partial charge in [-0.05, 0) is 36.1 Å². The number of carbonyl (C=O) groups is 2. The summed E-state index contributed by atoms with van der Waals surface area (Å²) < 4.78 is 14.2. The number of halogens is 1. The molecule has 0 aliphatic carbocycles. The molecule has 0 saturated carbocycles. The third kappa shape index (κ3) is 4.65. The lowest BCUT2D eigenvalue weighted by Gasteiger charge is -2.11. The molecular formula is C19H20FNO3. The molecule has 0 aliphatic rings. The minimum absolute atomic E-state index is 0.0465. The molecule has 1 atom stereocenters. The van der Waals surface area contributed by atoms with Crippen LogP contribution in [0.5, 0.6) is 0 Å². The number of carboxylic acids is 1. The fraction of sp³-hybridized carbons (Fsp3) is 0.263. The van der Waals surface area contributed by atoms with Crippen molar-refractivity contribution in [2.75, 3.05) is 6.54 Å². The molecule has 126 valence electrons. The van der Waals surface area contributed by atoms with Gasteiger partial charge >= 0.3 is 5.97 Å². The number of rotatable bonds is 6. The molecule has 2 N–H and O–H groups in total. The molecule has 2 rings (SSSR count). The van der Waals surface area contributed by atoms with Crippen molar-refractivity contribution in [1.82, 2.24) is 5.32 Å². The van der Waals surface area contributed by atoms with Crippen LogP contribution >= 0.6 is 0 Å². The molecule has 1 amide bonds. The molecule has 0 aromatic heterocycles. The molecule has 0 fully saturated rings. The monoisotopic (exact) mass is 329 g/mol. The summed E-state index contributed by atoms with van der Waals surface area (Å²) in [5.41, 5.74) is 2.64. The summed E-state index contributed by atoms with van der Waals surface area (Å²) in [6.07, 6.45) is -0.0465. The van der Waals surface area contributed by atoms with Crippen LogP contribution in [0.15, 0.2) is 42.5 Å². The normalized spacial score (nSPS) is 11.8. The highest BCUT2D eigenvalue weighted by Crippen LogP contribution is 2.22. The maximum absolute atomic E-state index is 14.2. The van der Waals surface area contributed by atoms with Crippen molar-refractivity contribution in [2.45, 2.75) is 20.3 Å². The van der Waals surface area contributed by atoms with Crippen molar-refractivity contribution in [3.8, 4) is 11.1 Å². The van der Waals surface area contributed by atoms with E-state index in [1.807, 2.05) is 31.2 Å². The molecule has 24 heavy (non-hydrogen) atoms. The van der Waals surface area contributed by atoms with Gasteiger partial charge in [0.1, 0.15) is 5.82 Å².